The summed E-state index contributed by atoms with van der Waals surface area (Å²) in [4.78, 5) is 12.6. The number of carbonyl (C=O) groups excluding carboxylic acids is 1. The lowest BCUT2D eigenvalue weighted by atomic mass is 10.1. The highest BCUT2D eigenvalue weighted by molar-refractivity contribution is 14.1. The molecular formula is C17H9BrF3IN2O2. The highest BCUT2D eigenvalue weighted by Crippen LogP contribution is 2.35. The number of phenols is 1. The molecule has 0 bridgehead atoms. The Bertz CT molecular complexity index is 943. The summed E-state index contributed by atoms with van der Waals surface area (Å²) in [7, 11) is 0. The molecule has 1 aliphatic rings. The molecule has 1 amide bonds. The van der Waals surface area contributed by atoms with Crippen LogP contribution in [0.15, 0.2) is 57.6 Å². The van der Waals surface area contributed by atoms with E-state index < -0.39 is 23.4 Å². The van der Waals surface area contributed by atoms with Gasteiger partial charge in [-0.1, -0.05) is 34.1 Å². The number of nitrogens with zero attached hydrogens (tertiary/aromatic N) is 2. The van der Waals surface area contributed by atoms with Crippen molar-refractivity contribution in [2.45, 2.75) is 6.18 Å². The van der Waals surface area contributed by atoms with Crippen LogP contribution < -0.4 is 5.01 Å². The molecule has 0 fully saturated rings. The molecule has 0 unspecified atom stereocenters. The van der Waals surface area contributed by atoms with Gasteiger partial charge in [0.05, 0.1) is 14.8 Å². The van der Waals surface area contributed by atoms with Crippen molar-refractivity contribution in [1.29, 1.82) is 0 Å². The van der Waals surface area contributed by atoms with Gasteiger partial charge in [-0.2, -0.15) is 23.3 Å². The molecule has 2 aromatic rings. The van der Waals surface area contributed by atoms with E-state index in [9.17, 15) is 23.1 Å². The predicted octanol–water partition coefficient (Wildman–Crippen LogP) is 5.11. The summed E-state index contributed by atoms with van der Waals surface area (Å²) in [5.41, 5.74) is -1.64. The van der Waals surface area contributed by atoms with Gasteiger partial charge in [-0.3, -0.25) is 4.79 Å². The summed E-state index contributed by atoms with van der Waals surface area (Å²) in [6, 6.07) is 10.9. The van der Waals surface area contributed by atoms with Crippen LogP contribution in [0.5, 0.6) is 5.75 Å². The minimum atomic E-state index is -4.82. The Labute approximate surface area is 168 Å². The van der Waals surface area contributed by atoms with Gasteiger partial charge in [0.1, 0.15) is 5.75 Å². The lowest BCUT2D eigenvalue weighted by Crippen LogP contribution is -2.25. The molecule has 0 saturated heterocycles. The van der Waals surface area contributed by atoms with Crippen LogP contribution in [0.25, 0.3) is 6.08 Å². The number of anilines is 1. The molecule has 1 aliphatic heterocycles. The highest BCUT2D eigenvalue weighted by Gasteiger charge is 2.46. The van der Waals surface area contributed by atoms with Crippen LogP contribution in [-0.4, -0.2) is 22.9 Å². The second kappa shape index (κ2) is 7.03. The Morgan fingerprint density at radius 2 is 1.85 bits per heavy atom. The molecule has 2 aromatic carbocycles. The second-order valence-electron chi connectivity index (χ2n) is 5.28. The van der Waals surface area contributed by atoms with Gasteiger partial charge in [-0.25, -0.2) is 0 Å². The quantitative estimate of drug-likeness (QED) is 0.428. The number of benzene rings is 2. The van der Waals surface area contributed by atoms with Crippen LogP contribution in [-0.2, 0) is 4.79 Å². The molecule has 4 nitrogen and oxygen atoms in total. The minimum Gasteiger partial charge on any atom is -0.506 e. The smallest absolute Gasteiger partial charge is 0.435 e. The summed E-state index contributed by atoms with van der Waals surface area (Å²) < 4.78 is 41.2. The van der Waals surface area contributed by atoms with E-state index in [-0.39, 0.29) is 17.0 Å². The first kappa shape index (κ1) is 18.9. The van der Waals surface area contributed by atoms with Crippen molar-refractivity contribution in [3.8, 4) is 5.75 Å². The number of aromatic hydroxyl groups is 1. The molecule has 0 spiro atoms. The number of hydrogen-bond acceptors (Lipinski definition) is 3. The van der Waals surface area contributed by atoms with E-state index in [0.29, 0.717) is 13.1 Å². The van der Waals surface area contributed by atoms with Crippen molar-refractivity contribution in [2.24, 2.45) is 5.10 Å². The maximum atomic E-state index is 13.4. The van der Waals surface area contributed by atoms with Crippen LogP contribution in [0.3, 0.4) is 0 Å². The number of carbonyl (C=O) groups is 1. The number of rotatable bonds is 2. The van der Waals surface area contributed by atoms with Crippen molar-refractivity contribution in [1.82, 2.24) is 0 Å². The van der Waals surface area contributed by atoms with E-state index in [4.69, 9.17) is 0 Å². The number of halogens is 5. The largest absolute Gasteiger partial charge is 0.506 e. The predicted molar refractivity (Wildman–Crippen MR) is 104 cm³/mol. The van der Waals surface area contributed by atoms with Crippen molar-refractivity contribution in [3.63, 3.8) is 0 Å². The summed E-state index contributed by atoms with van der Waals surface area (Å²) in [5, 5.41) is 14.3. The van der Waals surface area contributed by atoms with Crippen molar-refractivity contribution < 1.29 is 23.1 Å². The van der Waals surface area contributed by atoms with E-state index >= 15 is 0 Å². The van der Waals surface area contributed by atoms with Gasteiger partial charge in [0, 0.05) is 10.0 Å². The summed E-state index contributed by atoms with van der Waals surface area (Å²) in [6.45, 7) is 0. The first-order valence-corrected chi connectivity index (χ1v) is 9.01. The Morgan fingerprint density at radius 1 is 1.19 bits per heavy atom. The lowest BCUT2D eigenvalue weighted by Gasteiger charge is -2.11. The Hall–Kier alpha value is -1.88. The fourth-order valence-electron chi connectivity index (χ4n) is 2.35. The van der Waals surface area contributed by atoms with Crippen LogP contribution >= 0.6 is 38.5 Å². The summed E-state index contributed by atoms with van der Waals surface area (Å²) in [6.07, 6.45) is -3.82. The molecule has 0 atom stereocenters. The van der Waals surface area contributed by atoms with Crippen LogP contribution in [0, 0.1) is 3.57 Å². The van der Waals surface area contributed by atoms with Gasteiger partial charge in [0.2, 0.25) is 0 Å². The second-order valence-corrected chi connectivity index (χ2v) is 7.36. The number of hydrogen-bond donors (Lipinski definition) is 1. The standard InChI is InChI=1S/C17H9BrF3IN2O2/c18-10-6-9(14(25)13(22)8-10)7-12-15(17(19,20)21)23-24(16(12)26)11-4-2-1-3-5-11/h1-8,25H/b12-7-. The Morgan fingerprint density at radius 3 is 2.46 bits per heavy atom. The first-order chi connectivity index (χ1) is 12.2. The average molecular weight is 537 g/mol. The van der Waals surface area contributed by atoms with Gasteiger partial charge in [-0.15, -0.1) is 0 Å². The monoisotopic (exact) mass is 536 g/mol. The summed E-state index contributed by atoms with van der Waals surface area (Å²) >= 11 is 5.07. The molecule has 1 N–H and O–H groups in total. The number of phenolic OH excluding ortho intramolecular Hbond substituents is 1. The van der Waals surface area contributed by atoms with Crippen molar-refractivity contribution in [2.75, 3.05) is 5.01 Å². The van der Waals surface area contributed by atoms with Crippen LogP contribution in [0.4, 0.5) is 18.9 Å². The van der Waals surface area contributed by atoms with Crippen molar-refractivity contribution >= 4 is 61.9 Å². The zero-order valence-corrected chi connectivity index (χ0v) is 16.5. The average Bonchev–Trinajstić information content (AvgIpc) is 2.90. The van der Waals surface area contributed by atoms with E-state index in [2.05, 4.69) is 21.0 Å². The third kappa shape index (κ3) is 3.63. The molecule has 0 saturated carbocycles. The van der Waals surface area contributed by atoms with E-state index in [0.717, 1.165) is 6.08 Å². The Kier molecular flexibility index (Phi) is 5.11. The Balaban J connectivity index is 2.14. The number of alkyl halides is 3. The topological polar surface area (TPSA) is 52.9 Å². The molecule has 0 radical (unpaired) electrons. The number of hydrazone groups is 1. The van der Waals surface area contributed by atoms with Crippen LogP contribution in [0.1, 0.15) is 5.56 Å². The number of amides is 1. The third-order valence-corrected chi connectivity index (χ3v) is 4.78. The molecule has 0 aromatic heterocycles. The molecule has 26 heavy (non-hydrogen) atoms. The fourth-order valence-corrected chi connectivity index (χ4v) is 3.90. The fraction of sp³-hybridized carbons (Fsp3) is 0.0588. The van der Waals surface area contributed by atoms with Gasteiger partial charge >= 0.3 is 6.18 Å². The molecular weight excluding hydrogens is 528 g/mol. The zero-order chi connectivity index (χ0) is 19.1. The number of para-hydroxylation sites is 1. The molecule has 134 valence electrons. The van der Waals surface area contributed by atoms with Crippen LogP contribution in [0.2, 0.25) is 0 Å². The zero-order valence-electron chi connectivity index (χ0n) is 12.8. The lowest BCUT2D eigenvalue weighted by molar-refractivity contribution is -0.114. The van der Waals surface area contributed by atoms with E-state index in [1.165, 1.54) is 18.2 Å². The van der Waals surface area contributed by atoms with E-state index in [1.807, 2.05) is 22.6 Å². The molecule has 9 heteroatoms. The SMILES string of the molecule is O=C1/C(=C\c2cc(Br)cc(I)c2O)C(C(F)(F)F)=NN1c1ccccc1. The third-order valence-electron chi connectivity index (χ3n) is 3.50. The maximum Gasteiger partial charge on any atom is 0.435 e. The van der Waals surface area contributed by atoms with Crippen molar-refractivity contribution in [3.05, 3.63) is 61.6 Å². The van der Waals surface area contributed by atoms with Gasteiger partial charge in [0.15, 0.2) is 5.71 Å². The first-order valence-electron chi connectivity index (χ1n) is 7.14. The van der Waals surface area contributed by atoms with Gasteiger partial charge in [-0.05, 0) is 52.9 Å². The minimum absolute atomic E-state index is 0.0824. The molecule has 0 aliphatic carbocycles. The normalized spacial score (nSPS) is 16.3. The van der Waals surface area contributed by atoms with Gasteiger partial charge < -0.3 is 5.11 Å². The summed E-state index contributed by atoms with van der Waals surface area (Å²) in [5.74, 6) is -1.13. The highest BCUT2D eigenvalue weighted by atomic mass is 127. The van der Waals surface area contributed by atoms with Gasteiger partial charge in [0.25, 0.3) is 5.91 Å². The van der Waals surface area contributed by atoms with E-state index in [1.54, 1.807) is 24.3 Å². The molecule has 3 rings (SSSR count). The molecule has 1 heterocycles. The maximum absolute atomic E-state index is 13.4.